The lowest BCUT2D eigenvalue weighted by atomic mass is 10.1. The van der Waals surface area contributed by atoms with Crippen LogP contribution in [0.5, 0.6) is 0 Å². The summed E-state index contributed by atoms with van der Waals surface area (Å²) in [5.41, 5.74) is 0. The Morgan fingerprint density at radius 2 is 1.28 bits per heavy atom. The number of carbonyl (C=O) groups is 2. The Balaban J connectivity index is 3.81. The van der Waals surface area contributed by atoms with Gasteiger partial charge in [-0.25, -0.2) is 0 Å². The summed E-state index contributed by atoms with van der Waals surface area (Å²) in [6.07, 6.45) is 34.3. The summed E-state index contributed by atoms with van der Waals surface area (Å²) in [6.45, 7) is 2.63. The number of allylic oxidation sites excluding steroid dienone is 12. The van der Waals surface area contributed by atoms with Crippen LogP contribution in [0.1, 0.15) is 77.6 Å². The first kappa shape index (κ1) is 33.3. The van der Waals surface area contributed by atoms with Crippen LogP contribution in [0.15, 0.2) is 72.9 Å². The van der Waals surface area contributed by atoms with Crippen molar-refractivity contribution < 1.29 is 23.9 Å². The van der Waals surface area contributed by atoms with E-state index in [0.29, 0.717) is 17.4 Å². The fourth-order valence-electron chi connectivity index (χ4n) is 3.39. The zero-order chi connectivity index (χ0) is 26.9. The molecular formula is C31H50NO4+. The number of nitrogens with zero attached hydrogens (tertiary/aromatic N) is 1. The van der Waals surface area contributed by atoms with Crippen LogP contribution in [-0.2, 0) is 14.3 Å². The van der Waals surface area contributed by atoms with Gasteiger partial charge >= 0.3 is 11.9 Å². The Hall–Kier alpha value is -2.66. The van der Waals surface area contributed by atoms with Crippen LogP contribution in [0.4, 0.5) is 0 Å². The summed E-state index contributed by atoms with van der Waals surface area (Å²) in [5, 5.41) is 9.03. The summed E-state index contributed by atoms with van der Waals surface area (Å²) >= 11 is 0. The van der Waals surface area contributed by atoms with Crippen LogP contribution >= 0.6 is 0 Å². The standard InChI is InChI=1S/C31H49NO4/c1-5-6-7-8-9-10-11-12-13-14-15-16-17-18-19-20-21-22-23-24-25-26-31(35)36-29(27-30(33)34)28-32(2,3)4/h6-7,9-10,12-13,15-16,18-21,29H,5,8,11,14,17,22-28H2,1-4H3/p+1/b7-6+,10-9+,13-12+,16-15+,19-18+,21-20+. The third kappa shape index (κ3) is 26.0. The minimum absolute atomic E-state index is 0.151. The van der Waals surface area contributed by atoms with E-state index in [-0.39, 0.29) is 12.4 Å². The van der Waals surface area contributed by atoms with Crippen LogP contribution in [-0.4, -0.2) is 55.3 Å². The number of carboxylic acid groups (broad SMARTS) is 1. The third-order valence-corrected chi connectivity index (χ3v) is 5.08. The lowest BCUT2D eigenvalue weighted by molar-refractivity contribution is -0.873. The van der Waals surface area contributed by atoms with Crippen molar-refractivity contribution in [3.05, 3.63) is 72.9 Å². The number of carbonyl (C=O) groups excluding carboxylic acids is 1. The molecule has 0 bridgehead atoms. The van der Waals surface area contributed by atoms with E-state index in [4.69, 9.17) is 9.84 Å². The van der Waals surface area contributed by atoms with Crippen molar-refractivity contribution in [2.45, 2.75) is 83.7 Å². The maximum Gasteiger partial charge on any atom is 0.307 e. The lowest BCUT2D eigenvalue weighted by Crippen LogP contribution is -2.43. The summed E-state index contributed by atoms with van der Waals surface area (Å²) in [5.74, 6) is -1.25. The lowest BCUT2D eigenvalue weighted by Gasteiger charge is -2.28. The first-order valence-electron chi connectivity index (χ1n) is 13.4. The molecule has 0 spiro atoms. The molecule has 0 aromatic rings. The molecule has 0 aliphatic rings. The number of esters is 1. The van der Waals surface area contributed by atoms with E-state index >= 15 is 0 Å². The quantitative estimate of drug-likeness (QED) is 0.0589. The van der Waals surface area contributed by atoms with Gasteiger partial charge in [-0.05, 0) is 51.4 Å². The molecule has 0 saturated carbocycles. The normalized spacial score (nSPS) is 13.9. The molecule has 36 heavy (non-hydrogen) atoms. The average molecular weight is 501 g/mol. The second kappa shape index (κ2) is 22.8. The summed E-state index contributed by atoms with van der Waals surface area (Å²) in [4.78, 5) is 23.1. The zero-order valence-electron chi connectivity index (χ0n) is 23.1. The van der Waals surface area contributed by atoms with Gasteiger partial charge in [0.25, 0.3) is 0 Å². The molecule has 0 amide bonds. The molecule has 0 fully saturated rings. The van der Waals surface area contributed by atoms with E-state index in [1.165, 1.54) is 0 Å². The minimum Gasteiger partial charge on any atom is -0.481 e. The smallest absolute Gasteiger partial charge is 0.307 e. The number of quaternary nitrogens is 1. The highest BCUT2D eigenvalue weighted by Crippen LogP contribution is 2.10. The molecule has 0 saturated heterocycles. The Labute approximate surface area is 220 Å². The van der Waals surface area contributed by atoms with Gasteiger partial charge in [-0.1, -0.05) is 86.3 Å². The molecule has 0 aromatic heterocycles. The zero-order valence-corrected chi connectivity index (χ0v) is 23.1. The maximum absolute atomic E-state index is 12.1. The highest BCUT2D eigenvalue weighted by atomic mass is 16.5. The molecule has 0 aliphatic heterocycles. The van der Waals surface area contributed by atoms with Crippen LogP contribution in [0.3, 0.4) is 0 Å². The fourth-order valence-corrected chi connectivity index (χ4v) is 3.39. The van der Waals surface area contributed by atoms with E-state index in [2.05, 4.69) is 79.8 Å². The predicted molar refractivity (Wildman–Crippen MR) is 152 cm³/mol. The van der Waals surface area contributed by atoms with E-state index < -0.39 is 12.1 Å². The van der Waals surface area contributed by atoms with E-state index in [1.54, 1.807) is 0 Å². The Bertz CT molecular complexity index is 751. The van der Waals surface area contributed by atoms with Crippen molar-refractivity contribution in [3.63, 3.8) is 0 Å². The Kier molecular flexibility index (Phi) is 21.1. The van der Waals surface area contributed by atoms with Gasteiger partial charge in [-0.2, -0.15) is 0 Å². The van der Waals surface area contributed by atoms with E-state index in [9.17, 15) is 9.59 Å². The Morgan fingerprint density at radius 3 is 1.81 bits per heavy atom. The number of aliphatic carboxylic acids is 1. The van der Waals surface area contributed by atoms with Crippen LogP contribution < -0.4 is 0 Å². The van der Waals surface area contributed by atoms with Crippen LogP contribution in [0.2, 0.25) is 0 Å². The molecule has 202 valence electrons. The summed E-state index contributed by atoms with van der Waals surface area (Å²) in [7, 11) is 5.86. The van der Waals surface area contributed by atoms with Gasteiger partial charge in [-0.15, -0.1) is 0 Å². The minimum atomic E-state index is -0.944. The van der Waals surface area contributed by atoms with Crippen molar-refractivity contribution in [1.29, 1.82) is 0 Å². The molecule has 0 radical (unpaired) electrons. The van der Waals surface area contributed by atoms with Gasteiger partial charge in [-0.3, -0.25) is 9.59 Å². The van der Waals surface area contributed by atoms with Crippen molar-refractivity contribution in [2.75, 3.05) is 27.7 Å². The number of rotatable bonds is 21. The number of hydrogen-bond acceptors (Lipinski definition) is 3. The number of unbranched alkanes of at least 4 members (excludes halogenated alkanes) is 3. The van der Waals surface area contributed by atoms with E-state index in [0.717, 1.165) is 57.8 Å². The van der Waals surface area contributed by atoms with Gasteiger partial charge in [0.2, 0.25) is 0 Å². The average Bonchev–Trinajstić information content (AvgIpc) is 2.78. The Morgan fingerprint density at radius 1 is 0.750 bits per heavy atom. The molecular weight excluding hydrogens is 450 g/mol. The molecule has 0 rings (SSSR count). The van der Waals surface area contributed by atoms with Crippen molar-refractivity contribution in [2.24, 2.45) is 0 Å². The molecule has 1 atom stereocenters. The van der Waals surface area contributed by atoms with Crippen molar-refractivity contribution >= 4 is 11.9 Å². The third-order valence-electron chi connectivity index (χ3n) is 5.08. The van der Waals surface area contributed by atoms with E-state index in [1.807, 2.05) is 21.1 Å². The molecule has 0 aromatic carbocycles. The van der Waals surface area contributed by atoms with Gasteiger partial charge in [0.05, 0.1) is 27.6 Å². The number of carboxylic acids is 1. The largest absolute Gasteiger partial charge is 0.481 e. The van der Waals surface area contributed by atoms with Gasteiger partial charge in [0, 0.05) is 6.42 Å². The van der Waals surface area contributed by atoms with Gasteiger partial charge in [0.15, 0.2) is 6.10 Å². The van der Waals surface area contributed by atoms with Crippen LogP contribution in [0.25, 0.3) is 0 Å². The first-order valence-corrected chi connectivity index (χ1v) is 13.4. The number of hydrogen-bond donors (Lipinski definition) is 1. The predicted octanol–water partition coefficient (Wildman–Crippen LogP) is 7.34. The summed E-state index contributed by atoms with van der Waals surface area (Å²) < 4.78 is 5.96. The monoisotopic (exact) mass is 500 g/mol. The second-order valence-corrected chi connectivity index (χ2v) is 9.87. The second-order valence-electron chi connectivity index (χ2n) is 9.87. The van der Waals surface area contributed by atoms with Gasteiger partial charge < -0.3 is 14.3 Å². The fraction of sp³-hybridized carbons (Fsp3) is 0.548. The van der Waals surface area contributed by atoms with Crippen molar-refractivity contribution in [1.82, 2.24) is 0 Å². The van der Waals surface area contributed by atoms with Gasteiger partial charge in [0.1, 0.15) is 6.54 Å². The maximum atomic E-state index is 12.1. The summed E-state index contributed by atoms with van der Waals surface area (Å²) in [6, 6.07) is 0. The highest BCUT2D eigenvalue weighted by molar-refractivity contribution is 5.71. The molecule has 1 N–H and O–H groups in total. The molecule has 1 unspecified atom stereocenters. The molecule has 0 aliphatic carbocycles. The first-order chi connectivity index (χ1) is 17.2. The van der Waals surface area contributed by atoms with Crippen LogP contribution in [0, 0.1) is 0 Å². The SMILES string of the molecule is CC/C=C/C/C=C/C/C=C/C/C=C/C/C=C/C=C/CCCCCC(=O)OC(CC(=O)O)C[N+](C)(C)C. The molecule has 5 nitrogen and oxygen atoms in total. The number of likely N-dealkylation sites (N-methyl/N-ethyl adjacent to an activating group) is 1. The van der Waals surface area contributed by atoms with Crippen molar-refractivity contribution in [3.8, 4) is 0 Å². The highest BCUT2D eigenvalue weighted by Gasteiger charge is 2.24. The number of ether oxygens (including phenoxy) is 1. The topological polar surface area (TPSA) is 63.6 Å². The molecule has 0 heterocycles. The molecule has 5 heteroatoms.